The second-order valence-electron chi connectivity index (χ2n) is 4.51. The zero-order chi connectivity index (χ0) is 12.8. The minimum Gasteiger partial charge on any atom is -0.325 e. The van der Waals surface area contributed by atoms with E-state index in [1.165, 1.54) is 6.42 Å². The lowest BCUT2D eigenvalue weighted by Crippen LogP contribution is -2.38. The van der Waals surface area contributed by atoms with Gasteiger partial charge in [-0.05, 0) is 37.0 Å². The smallest absolute Gasteiger partial charge is 0.321 e. The maximum atomic E-state index is 11.9. The van der Waals surface area contributed by atoms with Crippen LogP contribution in [0.3, 0.4) is 0 Å². The molecule has 1 aromatic rings. The second-order valence-corrected chi connectivity index (χ2v) is 4.51. The standard InChI is InChI=1S/C14H17N3O/c15-9-8-12-4-6-13(7-5-12)16-14(18)17-10-2-1-3-11-17/h4-7H,1-3,8,10-11H2,(H,16,18). The number of amides is 2. The molecule has 0 saturated carbocycles. The summed E-state index contributed by atoms with van der Waals surface area (Å²) in [5, 5.41) is 11.5. The molecule has 1 fully saturated rings. The Balaban J connectivity index is 1.92. The number of rotatable bonds is 2. The Bertz CT molecular complexity index is 441. The Morgan fingerprint density at radius 1 is 1.22 bits per heavy atom. The van der Waals surface area contributed by atoms with Gasteiger partial charge in [0.25, 0.3) is 0 Å². The number of benzene rings is 1. The molecule has 1 aliphatic rings. The molecule has 94 valence electrons. The van der Waals surface area contributed by atoms with Crippen molar-refractivity contribution in [3.63, 3.8) is 0 Å². The molecule has 0 radical (unpaired) electrons. The Hall–Kier alpha value is -2.02. The van der Waals surface area contributed by atoms with Crippen molar-refractivity contribution >= 4 is 11.7 Å². The van der Waals surface area contributed by atoms with Gasteiger partial charge in [-0.3, -0.25) is 0 Å². The second kappa shape index (κ2) is 6.06. The van der Waals surface area contributed by atoms with E-state index in [2.05, 4.69) is 11.4 Å². The van der Waals surface area contributed by atoms with Crippen molar-refractivity contribution in [2.45, 2.75) is 25.7 Å². The third-order valence-electron chi connectivity index (χ3n) is 3.13. The van der Waals surface area contributed by atoms with E-state index in [9.17, 15) is 4.79 Å². The van der Waals surface area contributed by atoms with Gasteiger partial charge in [-0.15, -0.1) is 0 Å². The van der Waals surface area contributed by atoms with Crippen molar-refractivity contribution < 1.29 is 4.79 Å². The van der Waals surface area contributed by atoms with Gasteiger partial charge in [0, 0.05) is 18.8 Å². The molecular weight excluding hydrogens is 226 g/mol. The van der Waals surface area contributed by atoms with Crippen LogP contribution in [0.1, 0.15) is 24.8 Å². The largest absolute Gasteiger partial charge is 0.325 e. The van der Waals surface area contributed by atoms with E-state index in [0.29, 0.717) is 6.42 Å². The summed E-state index contributed by atoms with van der Waals surface area (Å²) < 4.78 is 0. The van der Waals surface area contributed by atoms with Crippen LogP contribution >= 0.6 is 0 Å². The van der Waals surface area contributed by atoms with E-state index in [-0.39, 0.29) is 6.03 Å². The number of nitriles is 1. The van der Waals surface area contributed by atoms with E-state index in [4.69, 9.17) is 5.26 Å². The number of piperidine rings is 1. The minimum absolute atomic E-state index is 0.0252. The van der Waals surface area contributed by atoms with E-state index in [1.807, 2.05) is 29.2 Å². The number of carbonyl (C=O) groups excluding carboxylic acids is 1. The van der Waals surface area contributed by atoms with Gasteiger partial charge in [-0.2, -0.15) is 5.26 Å². The molecule has 1 saturated heterocycles. The van der Waals surface area contributed by atoms with Crippen molar-refractivity contribution in [2.75, 3.05) is 18.4 Å². The van der Waals surface area contributed by atoms with Gasteiger partial charge in [-0.1, -0.05) is 12.1 Å². The first kappa shape index (κ1) is 12.4. The van der Waals surface area contributed by atoms with Gasteiger partial charge in [0.15, 0.2) is 0 Å². The van der Waals surface area contributed by atoms with Crippen LogP contribution in [-0.4, -0.2) is 24.0 Å². The number of carbonyl (C=O) groups is 1. The predicted molar refractivity (Wildman–Crippen MR) is 70.2 cm³/mol. The average molecular weight is 243 g/mol. The molecule has 0 atom stereocenters. The minimum atomic E-state index is -0.0252. The molecule has 1 N–H and O–H groups in total. The Morgan fingerprint density at radius 2 is 1.89 bits per heavy atom. The highest BCUT2D eigenvalue weighted by molar-refractivity contribution is 5.89. The van der Waals surface area contributed by atoms with Gasteiger partial charge in [0.05, 0.1) is 12.5 Å². The zero-order valence-corrected chi connectivity index (χ0v) is 10.4. The molecule has 0 aliphatic carbocycles. The zero-order valence-electron chi connectivity index (χ0n) is 10.4. The average Bonchev–Trinajstić information content (AvgIpc) is 2.42. The number of nitrogens with one attached hydrogen (secondary N) is 1. The Morgan fingerprint density at radius 3 is 2.50 bits per heavy atom. The first-order valence-corrected chi connectivity index (χ1v) is 6.31. The lowest BCUT2D eigenvalue weighted by atomic mass is 10.1. The van der Waals surface area contributed by atoms with E-state index in [0.717, 1.165) is 37.2 Å². The summed E-state index contributed by atoms with van der Waals surface area (Å²) in [5.74, 6) is 0. The summed E-state index contributed by atoms with van der Waals surface area (Å²) in [6.45, 7) is 1.69. The maximum absolute atomic E-state index is 11.9. The molecule has 1 heterocycles. The number of hydrogen-bond donors (Lipinski definition) is 1. The van der Waals surface area contributed by atoms with Crippen LogP contribution in [0.15, 0.2) is 24.3 Å². The summed E-state index contributed by atoms with van der Waals surface area (Å²) in [7, 11) is 0. The van der Waals surface area contributed by atoms with Crippen LogP contribution in [-0.2, 0) is 6.42 Å². The third kappa shape index (κ3) is 3.24. The molecule has 4 nitrogen and oxygen atoms in total. The van der Waals surface area contributed by atoms with Gasteiger partial charge >= 0.3 is 6.03 Å². The van der Waals surface area contributed by atoms with Crippen LogP contribution < -0.4 is 5.32 Å². The molecule has 4 heteroatoms. The van der Waals surface area contributed by atoms with Gasteiger partial charge < -0.3 is 10.2 Å². The summed E-state index contributed by atoms with van der Waals surface area (Å²) in [5.41, 5.74) is 1.75. The van der Waals surface area contributed by atoms with Crippen LogP contribution in [0, 0.1) is 11.3 Å². The van der Waals surface area contributed by atoms with Crippen LogP contribution in [0.5, 0.6) is 0 Å². The monoisotopic (exact) mass is 243 g/mol. The summed E-state index contributed by atoms with van der Waals surface area (Å²) in [6.07, 6.45) is 3.80. The normalized spacial score (nSPS) is 14.9. The summed E-state index contributed by atoms with van der Waals surface area (Å²) in [6, 6.07) is 9.50. The molecule has 2 rings (SSSR count). The molecule has 1 aromatic carbocycles. The fourth-order valence-electron chi connectivity index (χ4n) is 2.10. The lowest BCUT2D eigenvalue weighted by Gasteiger charge is -2.26. The topological polar surface area (TPSA) is 56.1 Å². The highest BCUT2D eigenvalue weighted by Crippen LogP contribution is 2.13. The Labute approximate surface area is 107 Å². The van der Waals surface area contributed by atoms with Crippen LogP contribution in [0.25, 0.3) is 0 Å². The van der Waals surface area contributed by atoms with Crippen LogP contribution in [0.2, 0.25) is 0 Å². The lowest BCUT2D eigenvalue weighted by molar-refractivity contribution is 0.200. The number of likely N-dealkylation sites (tertiary alicyclic amines) is 1. The first-order chi connectivity index (χ1) is 8.79. The van der Waals surface area contributed by atoms with Gasteiger partial charge in [-0.25, -0.2) is 4.79 Å². The quantitative estimate of drug-likeness (QED) is 0.868. The van der Waals surface area contributed by atoms with E-state index < -0.39 is 0 Å². The summed E-state index contributed by atoms with van der Waals surface area (Å²) >= 11 is 0. The number of anilines is 1. The fraction of sp³-hybridized carbons (Fsp3) is 0.429. The van der Waals surface area contributed by atoms with Crippen LogP contribution in [0.4, 0.5) is 10.5 Å². The van der Waals surface area contributed by atoms with Crippen molar-refractivity contribution in [1.82, 2.24) is 4.90 Å². The molecule has 0 aromatic heterocycles. The molecule has 18 heavy (non-hydrogen) atoms. The Kier molecular flexibility index (Phi) is 4.19. The fourth-order valence-corrected chi connectivity index (χ4v) is 2.10. The molecule has 2 amide bonds. The predicted octanol–water partition coefficient (Wildman–Crippen LogP) is 2.77. The molecular formula is C14H17N3O. The van der Waals surface area contributed by atoms with Crippen molar-refractivity contribution in [2.24, 2.45) is 0 Å². The van der Waals surface area contributed by atoms with E-state index >= 15 is 0 Å². The first-order valence-electron chi connectivity index (χ1n) is 6.31. The van der Waals surface area contributed by atoms with Crippen molar-refractivity contribution in [3.8, 4) is 6.07 Å². The highest BCUT2D eigenvalue weighted by Gasteiger charge is 2.15. The summed E-state index contributed by atoms with van der Waals surface area (Å²) in [4.78, 5) is 13.8. The molecule has 0 spiro atoms. The highest BCUT2D eigenvalue weighted by atomic mass is 16.2. The number of nitrogens with zero attached hydrogens (tertiary/aromatic N) is 2. The van der Waals surface area contributed by atoms with Crippen molar-refractivity contribution in [1.29, 1.82) is 5.26 Å². The molecule has 0 unspecified atom stereocenters. The molecule has 0 bridgehead atoms. The van der Waals surface area contributed by atoms with E-state index in [1.54, 1.807) is 0 Å². The third-order valence-corrected chi connectivity index (χ3v) is 3.13. The van der Waals surface area contributed by atoms with Gasteiger partial charge in [0.2, 0.25) is 0 Å². The SMILES string of the molecule is N#CCc1ccc(NC(=O)N2CCCCC2)cc1. The molecule has 1 aliphatic heterocycles. The van der Waals surface area contributed by atoms with Gasteiger partial charge in [0.1, 0.15) is 0 Å². The number of urea groups is 1. The number of hydrogen-bond acceptors (Lipinski definition) is 2. The maximum Gasteiger partial charge on any atom is 0.321 e. The van der Waals surface area contributed by atoms with Crippen molar-refractivity contribution in [3.05, 3.63) is 29.8 Å².